The molecule has 0 spiro atoms. The lowest BCUT2D eigenvalue weighted by molar-refractivity contribution is 0.0723. The monoisotopic (exact) mass is 374 g/mol. The van der Waals surface area contributed by atoms with Crippen molar-refractivity contribution in [2.75, 3.05) is 0 Å². The van der Waals surface area contributed by atoms with Crippen LogP contribution in [-0.2, 0) is 0 Å². The van der Waals surface area contributed by atoms with Crippen molar-refractivity contribution in [3.05, 3.63) is 75.9 Å². The molecule has 2 aromatic carbocycles. The van der Waals surface area contributed by atoms with E-state index in [1.807, 2.05) is 32.0 Å². The first-order chi connectivity index (χ1) is 12.0. The maximum absolute atomic E-state index is 12.5. The van der Waals surface area contributed by atoms with Gasteiger partial charge in [-0.3, -0.25) is 0 Å². The quantitative estimate of drug-likeness (QED) is 0.564. The highest BCUT2D eigenvalue weighted by atomic mass is 35.5. The van der Waals surface area contributed by atoms with Gasteiger partial charge in [0.15, 0.2) is 0 Å². The van der Waals surface area contributed by atoms with Crippen molar-refractivity contribution in [2.45, 2.75) is 19.8 Å². The predicted octanol–water partition coefficient (Wildman–Crippen LogP) is 5.52. The van der Waals surface area contributed by atoms with Gasteiger partial charge in [0.05, 0.1) is 22.0 Å². The van der Waals surface area contributed by atoms with E-state index in [-0.39, 0.29) is 5.92 Å². The van der Waals surface area contributed by atoms with Crippen LogP contribution in [0.5, 0.6) is 5.88 Å². The van der Waals surface area contributed by atoms with Crippen LogP contribution in [-0.4, -0.2) is 15.7 Å². The van der Waals surface area contributed by atoms with Gasteiger partial charge in [-0.15, -0.1) is 0 Å². The number of carbonyl (C=O) groups excluding carboxylic acids is 1. The van der Waals surface area contributed by atoms with Gasteiger partial charge in [-0.2, -0.15) is 9.78 Å². The second kappa shape index (κ2) is 7.30. The van der Waals surface area contributed by atoms with E-state index in [0.717, 1.165) is 5.69 Å². The maximum atomic E-state index is 12.5. The molecule has 0 aliphatic carbocycles. The number of hydrogen-bond acceptors (Lipinski definition) is 3. The third kappa shape index (κ3) is 3.86. The lowest BCUT2D eigenvalue weighted by Crippen LogP contribution is -2.12. The minimum Gasteiger partial charge on any atom is -0.404 e. The topological polar surface area (TPSA) is 44.1 Å². The second-order valence-electron chi connectivity index (χ2n) is 5.83. The van der Waals surface area contributed by atoms with Gasteiger partial charge in [0, 0.05) is 11.1 Å². The third-order valence-corrected chi connectivity index (χ3v) is 4.18. The number of carbonyl (C=O) groups is 1. The summed E-state index contributed by atoms with van der Waals surface area (Å²) < 4.78 is 7.11. The average molecular weight is 375 g/mol. The summed E-state index contributed by atoms with van der Waals surface area (Å²) in [5.74, 6) is -0.0276. The number of esters is 1. The summed E-state index contributed by atoms with van der Waals surface area (Å²) in [6, 6.07) is 15.6. The van der Waals surface area contributed by atoms with Crippen LogP contribution < -0.4 is 4.74 Å². The van der Waals surface area contributed by atoms with Crippen LogP contribution in [0.1, 0.15) is 35.8 Å². The highest BCUT2D eigenvalue weighted by Crippen LogP contribution is 2.28. The Bertz CT molecular complexity index is 919. The van der Waals surface area contributed by atoms with Gasteiger partial charge < -0.3 is 4.74 Å². The van der Waals surface area contributed by atoms with Crippen LogP contribution in [0.25, 0.3) is 5.69 Å². The van der Waals surface area contributed by atoms with Crippen molar-refractivity contribution in [3.8, 4) is 11.6 Å². The minimum atomic E-state index is -0.508. The Hall–Kier alpha value is -2.30. The van der Waals surface area contributed by atoms with Crippen LogP contribution in [0, 0.1) is 0 Å². The predicted molar refractivity (Wildman–Crippen MR) is 99.1 cm³/mol. The van der Waals surface area contributed by atoms with Crippen molar-refractivity contribution in [3.63, 3.8) is 0 Å². The van der Waals surface area contributed by atoms with Crippen molar-refractivity contribution in [1.29, 1.82) is 0 Å². The lowest BCUT2D eigenvalue weighted by Gasteiger charge is -2.09. The Labute approximate surface area is 155 Å². The zero-order valence-electron chi connectivity index (χ0n) is 13.7. The molecule has 128 valence electrons. The molecular weight excluding hydrogens is 359 g/mol. The Morgan fingerprint density at radius 2 is 1.84 bits per heavy atom. The van der Waals surface area contributed by atoms with Gasteiger partial charge >= 0.3 is 5.97 Å². The maximum Gasteiger partial charge on any atom is 0.344 e. The summed E-state index contributed by atoms with van der Waals surface area (Å²) >= 11 is 12.2. The van der Waals surface area contributed by atoms with Gasteiger partial charge in [0.25, 0.3) is 0 Å². The molecule has 0 N–H and O–H groups in total. The standard InChI is InChI=1S/C19H16Cl2N2O2/c1-12(2)16-11-18(23(22-16)17-9-4-3-8-15(17)21)25-19(24)13-6-5-7-14(20)10-13/h3-12H,1-2H3. The summed E-state index contributed by atoms with van der Waals surface area (Å²) in [4.78, 5) is 12.5. The van der Waals surface area contributed by atoms with Crippen LogP contribution in [0.4, 0.5) is 0 Å². The number of halogens is 2. The Kier molecular flexibility index (Phi) is 5.11. The van der Waals surface area contributed by atoms with Gasteiger partial charge in [-0.05, 0) is 36.2 Å². The molecule has 1 aromatic heterocycles. The van der Waals surface area contributed by atoms with Gasteiger partial charge in [0.1, 0.15) is 0 Å². The smallest absolute Gasteiger partial charge is 0.344 e. The van der Waals surface area contributed by atoms with E-state index >= 15 is 0 Å². The molecule has 4 nitrogen and oxygen atoms in total. The number of aromatic nitrogens is 2. The average Bonchev–Trinajstić information content (AvgIpc) is 2.99. The molecule has 3 rings (SSSR count). The normalized spacial score (nSPS) is 10.9. The molecule has 0 aliphatic heterocycles. The molecule has 0 saturated carbocycles. The number of rotatable bonds is 4. The molecule has 0 unspecified atom stereocenters. The van der Waals surface area contributed by atoms with E-state index in [9.17, 15) is 4.79 Å². The zero-order valence-corrected chi connectivity index (χ0v) is 15.3. The number of ether oxygens (including phenoxy) is 1. The molecule has 0 atom stereocenters. The minimum absolute atomic E-state index is 0.173. The van der Waals surface area contributed by atoms with E-state index in [1.165, 1.54) is 0 Å². The van der Waals surface area contributed by atoms with Crippen molar-refractivity contribution >= 4 is 29.2 Å². The van der Waals surface area contributed by atoms with E-state index in [4.69, 9.17) is 27.9 Å². The first-order valence-corrected chi connectivity index (χ1v) is 8.54. The van der Waals surface area contributed by atoms with Gasteiger partial charge in [-0.1, -0.05) is 55.2 Å². The van der Waals surface area contributed by atoms with Crippen molar-refractivity contribution in [2.24, 2.45) is 0 Å². The lowest BCUT2D eigenvalue weighted by atomic mass is 10.1. The number of nitrogens with zero attached hydrogens (tertiary/aromatic N) is 2. The third-order valence-electron chi connectivity index (χ3n) is 3.63. The summed E-state index contributed by atoms with van der Waals surface area (Å²) in [5, 5.41) is 5.52. The first kappa shape index (κ1) is 17.5. The highest BCUT2D eigenvalue weighted by Gasteiger charge is 2.18. The summed E-state index contributed by atoms with van der Waals surface area (Å²) in [5.41, 5.74) is 1.81. The van der Waals surface area contributed by atoms with Crippen LogP contribution in [0.3, 0.4) is 0 Å². The summed E-state index contributed by atoms with van der Waals surface area (Å²) in [6.07, 6.45) is 0. The molecule has 6 heteroatoms. The Morgan fingerprint density at radius 1 is 1.08 bits per heavy atom. The molecular formula is C19H16Cl2N2O2. The number of benzene rings is 2. The fourth-order valence-electron chi connectivity index (χ4n) is 2.30. The van der Waals surface area contributed by atoms with Crippen LogP contribution in [0.15, 0.2) is 54.6 Å². The molecule has 0 fully saturated rings. The molecule has 0 radical (unpaired) electrons. The van der Waals surface area contributed by atoms with Gasteiger partial charge in [-0.25, -0.2) is 4.79 Å². The zero-order chi connectivity index (χ0) is 18.0. The van der Waals surface area contributed by atoms with E-state index < -0.39 is 5.97 Å². The fraction of sp³-hybridized carbons (Fsp3) is 0.158. The Morgan fingerprint density at radius 3 is 2.52 bits per heavy atom. The molecule has 0 saturated heterocycles. The fourth-order valence-corrected chi connectivity index (χ4v) is 2.71. The summed E-state index contributed by atoms with van der Waals surface area (Å²) in [6.45, 7) is 4.03. The molecule has 0 aliphatic rings. The largest absolute Gasteiger partial charge is 0.404 e. The Balaban J connectivity index is 2.00. The van der Waals surface area contributed by atoms with Crippen molar-refractivity contribution < 1.29 is 9.53 Å². The second-order valence-corrected chi connectivity index (χ2v) is 6.67. The summed E-state index contributed by atoms with van der Waals surface area (Å²) in [7, 11) is 0. The molecule has 3 aromatic rings. The number of para-hydroxylation sites is 1. The first-order valence-electron chi connectivity index (χ1n) is 7.78. The van der Waals surface area contributed by atoms with Gasteiger partial charge in [0.2, 0.25) is 5.88 Å². The molecule has 0 bridgehead atoms. The number of hydrogen-bond donors (Lipinski definition) is 0. The molecule has 0 amide bonds. The molecule has 25 heavy (non-hydrogen) atoms. The van der Waals surface area contributed by atoms with Crippen LogP contribution >= 0.6 is 23.2 Å². The SMILES string of the molecule is CC(C)c1cc(OC(=O)c2cccc(Cl)c2)n(-c2ccccc2Cl)n1. The molecule has 1 heterocycles. The van der Waals surface area contributed by atoms with Crippen LogP contribution in [0.2, 0.25) is 10.0 Å². The highest BCUT2D eigenvalue weighted by molar-refractivity contribution is 6.32. The van der Waals surface area contributed by atoms with E-state index in [1.54, 1.807) is 41.1 Å². The van der Waals surface area contributed by atoms with Crippen molar-refractivity contribution in [1.82, 2.24) is 9.78 Å². The van der Waals surface area contributed by atoms with E-state index in [0.29, 0.717) is 27.2 Å². The van der Waals surface area contributed by atoms with E-state index in [2.05, 4.69) is 5.10 Å².